The van der Waals surface area contributed by atoms with Crippen molar-refractivity contribution in [2.45, 2.75) is 142 Å². The van der Waals surface area contributed by atoms with Gasteiger partial charge in [0.15, 0.2) is 12.1 Å². The Morgan fingerprint density at radius 1 is 0.927 bits per heavy atom. The summed E-state index contributed by atoms with van der Waals surface area (Å²) in [5, 5.41) is 34.4. The van der Waals surface area contributed by atoms with Crippen molar-refractivity contribution in [3.05, 3.63) is 59.2 Å². The van der Waals surface area contributed by atoms with Gasteiger partial charge in [0, 0.05) is 37.4 Å². The Labute approximate surface area is 329 Å². The Kier molecular flexibility index (Phi) is 16.1. The van der Waals surface area contributed by atoms with Gasteiger partial charge in [0.25, 0.3) is 0 Å². The predicted octanol–water partition coefficient (Wildman–Crippen LogP) is 4.71. The lowest BCUT2D eigenvalue weighted by atomic mass is 9.79. The smallest absolute Gasteiger partial charge is 0.308 e. The summed E-state index contributed by atoms with van der Waals surface area (Å²) < 4.78 is 19.2. The SMILES string of the molecule is CCC1OC(=O)CC(O)C(C)C(O[C@@H]2O[C@H](C)[C@@H](O)[C@H](N(C)C)[C@H]2O)C(CCN2CCCCC2)CC(C)C(=O)C=CC(C)=CC1CN1Cc2ccccc2C1. The fourth-order valence-electron chi connectivity index (χ4n) is 9.22. The first-order chi connectivity index (χ1) is 26.2. The summed E-state index contributed by atoms with van der Waals surface area (Å²) >= 11 is 0. The zero-order valence-electron chi connectivity index (χ0n) is 34.4. The maximum atomic E-state index is 13.9. The first-order valence-corrected chi connectivity index (χ1v) is 20.9. The molecule has 0 aromatic heterocycles. The van der Waals surface area contributed by atoms with Crippen molar-refractivity contribution >= 4 is 11.8 Å². The molecule has 0 aliphatic carbocycles. The Hall–Kier alpha value is -2.48. The highest BCUT2D eigenvalue weighted by Gasteiger charge is 2.47. The number of likely N-dealkylation sites (N-methyl/N-ethyl adjacent to an activating group) is 1. The molecule has 12 atom stereocenters. The Morgan fingerprint density at radius 3 is 2.24 bits per heavy atom. The van der Waals surface area contributed by atoms with E-state index in [-0.39, 0.29) is 30.0 Å². The fourth-order valence-corrected chi connectivity index (χ4v) is 9.22. The van der Waals surface area contributed by atoms with Crippen molar-refractivity contribution in [2.75, 3.05) is 40.3 Å². The van der Waals surface area contributed by atoms with E-state index in [0.717, 1.165) is 51.1 Å². The number of cyclic esters (lactones) is 1. The highest BCUT2D eigenvalue weighted by Crippen LogP contribution is 2.35. The minimum absolute atomic E-state index is 0.0122. The summed E-state index contributed by atoms with van der Waals surface area (Å²) in [4.78, 5) is 34.2. The van der Waals surface area contributed by atoms with E-state index in [1.54, 1.807) is 32.0 Å². The molecule has 3 N–H and O–H groups in total. The number of esters is 1. The number of aliphatic hydroxyl groups is 3. The molecule has 2 fully saturated rings. The molecule has 55 heavy (non-hydrogen) atoms. The summed E-state index contributed by atoms with van der Waals surface area (Å²) in [6.07, 6.45) is 4.67. The Bertz CT molecular complexity index is 1440. The quantitative estimate of drug-likeness (QED) is 0.302. The number of piperidine rings is 1. The van der Waals surface area contributed by atoms with E-state index < -0.39 is 60.8 Å². The molecule has 11 nitrogen and oxygen atoms in total. The second-order valence-electron chi connectivity index (χ2n) is 17.1. The number of carbonyl (C=O) groups is 2. The standard InChI is InChI=1S/C44H69N3O8/c1-8-38-35(27-47-25-33-14-10-11-15-34(33)26-47)22-28(2)16-17-36(48)29(3)23-32(18-21-46-19-12-9-13-20-46)43(30(4)37(49)24-39(50)54-38)55-44-42(52)40(45(6)7)41(51)31(5)53-44/h10-11,14-17,22,29-32,35,37-38,40-44,49,51-52H,8-9,12-13,18-21,23-27H2,1-7H3/t29?,30?,31-,32?,35?,37?,38?,40+,41-,42-,43?,44+/m1/s1. The molecule has 0 amide bonds. The summed E-state index contributed by atoms with van der Waals surface area (Å²) in [6.45, 7) is 14.7. The van der Waals surface area contributed by atoms with Crippen LogP contribution >= 0.6 is 0 Å². The number of nitrogens with zero attached hydrogens (tertiary/aromatic N) is 3. The molecule has 1 aromatic rings. The van der Waals surface area contributed by atoms with Crippen LogP contribution in [0.5, 0.6) is 0 Å². The van der Waals surface area contributed by atoms with E-state index in [0.29, 0.717) is 25.8 Å². The van der Waals surface area contributed by atoms with Gasteiger partial charge in [-0.2, -0.15) is 0 Å². The number of fused-ring (bicyclic) bond motifs is 1. The van der Waals surface area contributed by atoms with Crippen LogP contribution in [-0.2, 0) is 36.9 Å². The molecule has 0 bridgehead atoms. The Morgan fingerprint density at radius 2 is 1.60 bits per heavy atom. The Balaban J connectivity index is 1.45. The number of benzene rings is 1. The second kappa shape index (κ2) is 20.3. The number of hydrogen-bond acceptors (Lipinski definition) is 11. The monoisotopic (exact) mass is 768 g/mol. The van der Waals surface area contributed by atoms with Gasteiger partial charge in [-0.15, -0.1) is 0 Å². The molecule has 5 rings (SSSR count). The number of likely N-dealkylation sites (tertiary alicyclic amines) is 1. The van der Waals surface area contributed by atoms with Crippen molar-refractivity contribution in [1.29, 1.82) is 0 Å². The number of rotatable bonds is 9. The predicted molar refractivity (Wildman–Crippen MR) is 213 cm³/mol. The highest BCUT2D eigenvalue weighted by atomic mass is 16.7. The average molecular weight is 768 g/mol. The lowest BCUT2D eigenvalue weighted by Gasteiger charge is -2.47. The minimum Gasteiger partial charge on any atom is -0.462 e. The fraction of sp³-hybridized carbons (Fsp3) is 0.727. The maximum absolute atomic E-state index is 13.9. The zero-order valence-corrected chi connectivity index (χ0v) is 34.4. The molecule has 4 aliphatic heterocycles. The van der Waals surface area contributed by atoms with Crippen LogP contribution in [0.3, 0.4) is 0 Å². The maximum Gasteiger partial charge on any atom is 0.308 e. The van der Waals surface area contributed by atoms with Crippen molar-refractivity contribution < 1.29 is 39.1 Å². The van der Waals surface area contributed by atoms with Crippen LogP contribution in [0.25, 0.3) is 0 Å². The number of allylic oxidation sites excluding steroid dienone is 3. The van der Waals surface area contributed by atoms with E-state index in [9.17, 15) is 24.9 Å². The number of ether oxygens (including phenoxy) is 3. The average Bonchev–Trinajstić information content (AvgIpc) is 3.57. The van der Waals surface area contributed by atoms with E-state index in [1.807, 2.05) is 33.8 Å². The van der Waals surface area contributed by atoms with Crippen LogP contribution in [-0.4, -0.2) is 131 Å². The van der Waals surface area contributed by atoms with Gasteiger partial charge in [0.1, 0.15) is 12.2 Å². The summed E-state index contributed by atoms with van der Waals surface area (Å²) in [5.41, 5.74) is 3.53. The van der Waals surface area contributed by atoms with E-state index in [2.05, 4.69) is 40.1 Å². The lowest BCUT2D eigenvalue weighted by Crippen LogP contribution is -2.63. The van der Waals surface area contributed by atoms with Crippen LogP contribution in [0.4, 0.5) is 0 Å². The van der Waals surface area contributed by atoms with Gasteiger partial charge in [-0.25, -0.2) is 0 Å². The van der Waals surface area contributed by atoms with Gasteiger partial charge in [-0.1, -0.05) is 69.2 Å². The lowest BCUT2D eigenvalue weighted by molar-refractivity contribution is -0.304. The van der Waals surface area contributed by atoms with Crippen LogP contribution in [0.1, 0.15) is 90.7 Å². The molecule has 4 aliphatic rings. The largest absolute Gasteiger partial charge is 0.462 e. The molecule has 1 aromatic carbocycles. The second-order valence-corrected chi connectivity index (χ2v) is 17.1. The van der Waals surface area contributed by atoms with Gasteiger partial charge >= 0.3 is 5.97 Å². The summed E-state index contributed by atoms with van der Waals surface area (Å²) in [7, 11) is 3.60. The topological polar surface area (TPSA) is 132 Å². The minimum atomic E-state index is -1.18. The molecule has 4 heterocycles. The number of aliphatic hydroxyl groups excluding tert-OH is 3. The summed E-state index contributed by atoms with van der Waals surface area (Å²) in [6, 6.07) is 7.80. The molecular formula is C44H69N3O8. The van der Waals surface area contributed by atoms with Gasteiger partial charge in [0.05, 0.1) is 36.9 Å². The zero-order chi connectivity index (χ0) is 39.8. The molecule has 2 saturated heterocycles. The highest BCUT2D eigenvalue weighted by molar-refractivity contribution is 5.91. The van der Waals surface area contributed by atoms with Crippen molar-refractivity contribution in [3.63, 3.8) is 0 Å². The van der Waals surface area contributed by atoms with Gasteiger partial charge in [-0.3, -0.25) is 14.5 Å². The first-order valence-electron chi connectivity index (χ1n) is 20.9. The van der Waals surface area contributed by atoms with Gasteiger partial charge in [-0.05, 0) is 103 Å². The van der Waals surface area contributed by atoms with Crippen LogP contribution in [0.15, 0.2) is 48.1 Å². The molecule has 11 heteroatoms. The van der Waals surface area contributed by atoms with Crippen LogP contribution in [0, 0.1) is 23.7 Å². The third-order valence-corrected chi connectivity index (χ3v) is 12.6. The van der Waals surface area contributed by atoms with Crippen LogP contribution in [0.2, 0.25) is 0 Å². The van der Waals surface area contributed by atoms with Crippen molar-refractivity contribution in [3.8, 4) is 0 Å². The third kappa shape index (κ3) is 11.6. The molecule has 308 valence electrons. The van der Waals surface area contributed by atoms with Gasteiger partial charge in [0.2, 0.25) is 0 Å². The first kappa shape index (κ1) is 43.6. The molecular weight excluding hydrogens is 698 g/mol. The summed E-state index contributed by atoms with van der Waals surface area (Å²) in [5.74, 6) is -1.74. The molecule has 7 unspecified atom stereocenters. The molecule has 0 radical (unpaired) electrons. The van der Waals surface area contributed by atoms with E-state index in [4.69, 9.17) is 14.2 Å². The number of carbonyl (C=O) groups excluding carboxylic acids is 2. The van der Waals surface area contributed by atoms with E-state index in [1.165, 1.54) is 17.5 Å². The number of ketones is 1. The van der Waals surface area contributed by atoms with E-state index >= 15 is 0 Å². The molecule has 0 spiro atoms. The van der Waals surface area contributed by atoms with Crippen molar-refractivity contribution in [2.24, 2.45) is 23.7 Å². The number of hydrogen-bond donors (Lipinski definition) is 3. The molecule has 0 saturated carbocycles. The van der Waals surface area contributed by atoms with Crippen LogP contribution < -0.4 is 0 Å². The third-order valence-electron chi connectivity index (χ3n) is 12.6. The van der Waals surface area contributed by atoms with Gasteiger partial charge < -0.3 is 39.3 Å². The van der Waals surface area contributed by atoms with Crippen molar-refractivity contribution in [1.82, 2.24) is 14.7 Å². The normalized spacial score (nSPS) is 36.5.